The van der Waals surface area contributed by atoms with Crippen LogP contribution in [-0.2, 0) is 0 Å². The van der Waals surface area contributed by atoms with E-state index in [0.717, 1.165) is 5.56 Å². The van der Waals surface area contributed by atoms with Crippen LogP contribution in [0.1, 0.15) is 19.4 Å². The van der Waals surface area contributed by atoms with E-state index >= 15 is 0 Å². The molecule has 0 unspecified atom stereocenters. The first kappa shape index (κ1) is 17.0. The maximum Gasteiger partial charge on any atom is 0.193 e. The van der Waals surface area contributed by atoms with Gasteiger partial charge in [0.2, 0.25) is 0 Å². The number of ether oxygens (including phenoxy) is 1. The van der Waals surface area contributed by atoms with Crippen LogP contribution < -0.4 is 10.2 Å². The summed E-state index contributed by atoms with van der Waals surface area (Å²) in [5, 5.41) is 10.5. The largest absolute Gasteiger partial charge is 0.496 e. The van der Waals surface area contributed by atoms with Crippen molar-refractivity contribution >= 4 is 17.0 Å². The van der Waals surface area contributed by atoms with Gasteiger partial charge in [0.25, 0.3) is 0 Å². The molecule has 4 nitrogen and oxygen atoms in total. The molecule has 3 aromatic rings. The van der Waals surface area contributed by atoms with Gasteiger partial charge in [-0.15, -0.1) is 0 Å². The molecule has 0 saturated heterocycles. The summed E-state index contributed by atoms with van der Waals surface area (Å²) < 4.78 is 11.5. The third-order valence-electron chi connectivity index (χ3n) is 3.83. The fraction of sp³-hybridized carbons (Fsp3) is 0.190. The van der Waals surface area contributed by atoms with E-state index in [4.69, 9.17) is 9.15 Å². The quantitative estimate of drug-likeness (QED) is 0.773. The van der Waals surface area contributed by atoms with Crippen molar-refractivity contribution in [2.45, 2.75) is 19.4 Å². The van der Waals surface area contributed by atoms with Crippen LogP contribution in [0.25, 0.3) is 28.4 Å². The molecule has 2 aromatic carbocycles. The average Bonchev–Trinajstić information content (AvgIpc) is 2.59. The lowest BCUT2D eigenvalue weighted by Crippen LogP contribution is -2.13. The van der Waals surface area contributed by atoms with Gasteiger partial charge in [0.15, 0.2) is 5.43 Å². The number of fused-ring (bicyclic) bond motifs is 1. The molecule has 0 aliphatic carbocycles. The number of hydrogen-bond acceptors (Lipinski definition) is 4. The fourth-order valence-corrected chi connectivity index (χ4v) is 2.59. The van der Waals surface area contributed by atoms with Gasteiger partial charge in [-0.2, -0.15) is 0 Å². The number of hydrogen-bond donors (Lipinski definition) is 1. The third kappa shape index (κ3) is 3.64. The van der Waals surface area contributed by atoms with Crippen molar-refractivity contribution in [1.82, 2.24) is 0 Å². The Morgan fingerprint density at radius 3 is 2.48 bits per heavy atom. The SMILES string of the molecule is COc1ccc2c(=O)cc(-c3ccccc3)oc2c1/C=C\C(C)(C)O. The first-order chi connectivity index (χ1) is 11.9. The molecule has 0 fully saturated rings. The van der Waals surface area contributed by atoms with E-state index in [1.165, 1.54) is 6.07 Å². The molecule has 0 spiro atoms. The lowest BCUT2D eigenvalue weighted by atomic mass is 10.0. The van der Waals surface area contributed by atoms with E-state index in [-0.39, 0.29) is 5.43 Å². The molecule has 4 heteroatoms. The average molecular weight is 336 g/mol. The summed E-state index contributed by atoms with van der Waals surface area (Å²) >= 11 is 0. The Hall–Kier alpha value is -2.85. The second-order valence-electron chi connectivity index (χ2n) is 6.39. The maximum absolute atomic E-state index is 12.6. The van der Waals surface area contributed by atoms with Crippen LogP contribution in [-0.4, -0.2) is 17.8 Å². The minimum atomic E-state index is -0.996. The fourth-order valence-electron chi connectivity index (χ4n) is 2.59. The Morgan fingerprint density at radius 2 is 1.84 bits per heavy atom. The van der Waals surface area contributed by atoms with Gasteiger partial charge in [-0.3, -0.25) is 4.79 Å². The zero-order chi connectivity index (χ0) is 18.0. The zero-order valence-electron chi connectivity index (χ0n) is 14.4. The molecule has 0 amide bonds. The summed E-state index contributed by atoms with van der Waals surface area (Å²) in [5.74, 6) is 1.06. The number of rotatable bonds is 4. The highest BCUT2D eigenvalue weighted by molar-refractivity contribution is 5.89. The number of methoxy groups -OCH3 is 1. The number of benzene rings is 2. The Morgan fingerprint density at radius 1 is 1.12 bits per heavy atom. The van der Waals surface area contributed by atoms with Crippen LogP contribution in [0.3, 0.4) is 0 Å². The molecule has 3 rings (SSSR count). The summed E-state index contributed by atoms with van der Waals surface area (Å²) in [7, 11) is 1.56. The molecule has 0 aliphatic rings. The summed E-state index contributed by atoms with van der Waals surface area (Å²) in [6.07, 6.45) is 3.36. The highest BCUT2D eigenvalue weighted by atomic mass is 16.5. The molecule has 0 bridgehead atoms. The molecule has 128 valence electrons. The van der Waals surface area contributed by atoms with Crippen molar-refractivity contribution in [1.29, 1.82) is 0 Å². The highest BCUT2D eigenvalue weighted by Gasteiger charge is 2.15. The van der Waals surface area contributed by atoms with E-state index in [1.54, 1.807) is 45.2 Å². The molecule has 0 atom stereocenters. The normalized spacial score (nSPS) is 12.0. The smallest absolute Gasteiger partial charge is 0.193 e. The zero-order valence-corrected chi connectivity index (χ0v) is 14.4. The molecular formula is C21H20O4. The van der Waals surface area contributed by atoms with Gasteiger partial charge in [0, 0.05) is 11.6 Å². The van der Waals surface area contributed by atoms with E-state index in [0.29, 0.717) is 28.0 Å². The highest BCUT2D eigenvalue weighted by Crippen LogP contribution is 2.31. The standard InChI is InChI=1S/C21H20O4/c1-21(2,23)12-11-16-18(24-3)10-9-15-17(22)13-19(25-20(15)16)14-7-5-4-6-8-14/h4-13,23H,1-3H3/b12-11-. The monoisotopic (exact) mass is 336 g/mol. The van der Waals surface area contributed by atoms with Crippen molar-refractivity contribution in [2.24, 2.45) is 0 Å². The molecule has 0 aliphatic heterocycles. The molecule has 0 saturated carbocycles. The van der Waals surface area contributed by atoms with Gasteiger partial charge >= 0.3 is 0 Å². The predicted molar refractivity (Wildman–Crippen MR) is 99.8 cm³/mol. The lowest BCUT2D eigenvalue weighted by molar-refractivity contribution is 0.134. The molecule has 25 heavy (non-hydrogen) atoms. The van der Waals surface area contributed by atoms with Crippen molar-refractivity contribution in [3.63, 3.8) is 0 Å². The van der Waals surface area contributed by atoms with Gasteiger partial charge in [-0.25, -0.2) is 0 Å². The van der Waals surface area contributed by atoms with E-state index in [1.807, 2.05) is 30.3 Å². The van der Waals surface area contributed by atoms with Gasteiger partial charge in [-0.05, 0) is 32.1 Å². The van der Waals surface area contributed by atoms with Gasteiger partial charge in [0.1, 0.15) is 17.1 Å². The number of aliphatic hydroxyl groups is 1. The Bertz CT molecular complexity index is 976. The van der Waals surface area contributed by atoms with Crippen LogP contribution in [0.4, 0.5) is 0 Å². The second kappa shape index (κ2) is 6.57. The van der Waals surface area contributed by atoms with Crippen LogP contribution in [0.15, 0.2) is 63.8 Å². The minimum absolute atomic E-state index is 0.124. The second-order valence-corrected chi connectivity index (χ2v) is 6.39. The molecule has 1 aromatic heterocycles. The summed E-state index contributed by atoms with van der Waals surface area (Å²) in [6, 6.07) is 14.4. The van der Waals surface area contributed by atoms with Gasteiger partial charge in [0.05, 0.1) is 23.7 Å². The van der Waals surface area contributed by atoms with Crippen molar-refractivity contribution in [2.75, 3.05) is 7.11 Å². The van der Waals surface area contributed by atoms with Crippen LogP contribution in [0.5, 0.6) is 5.75 Å². The van der Waals surface area contributed by atoms with Crippen molar-refractivity contribution in [3.8, 4) is 17.1 Å². The molecular weight excluding hydrogens is 316 g/mol. The van der Waals surface area contributed by atoms with E-state index < -0.39 is 5.60 Å². The summed E-state index contributed by atoms with van der Waals surface area (Å²) in [5.41, 5.74) is 0.760. The van der Waals surface area contributed by atoms with Crippen LogP contribution >= 0.6 is 0 Å². The first-order valence-corrected chi connectivity index (χ1v) is 8.01. The lowest BCUT2D eigenvalue weighted by Gasteiger charge is -2.13. The molecule has 1 heterocycles. The first-order valence-electron chi connectivity index (χ1n) is 8.01. The summed E-state index contributed by atoms with van der Waals surface area (Å²) in [4.78, 5) is 12.6. The van der Waals surface area contributed by atoms with E-state index in [2.05, 4.69) is 0 Å². The predicted octanol–water partition coefficient (Wildman–Crippen LogP) is 4.25. The molecule has 1 N–H and O–H groups in total. The van der Waals surface area contributed by atoms with E-state index in [9.17, 15) is 9.90 Å². The van der Waals surface area contributed by atoms with Gasteiger partial charge < -0.3 is 14.3 Å². The molecule has 0 radical (unpaired) electrons. The van der Waals surface area contributed by atoms with Crippen molar-refractivity contribution < 1.29 is 14.3 Å². The van der Waals surface area contributed by atoms with Gasteiger partial charge in [-0.1, -0.05) is 36.4 Å². The van der Waals surface area contributed by atoms with Crippen LogP contribution in [0, 0.1) is 0 Å². The Balaban J connectivity index is 2.30. The van der Waals surface area contributed by atoms with Crippen molar-refractivity contribution in [3.05, 3.63) is 70.4 Å². The Labute approximate surface area is 146 Å². The topological polar surface area (TPSA) is 59.7 Å². The minimum Gasteiger partial charge on any atom is -0.496 e. The summed E-state index contributed by atoms with van der Waals surface area (Å²) in [6.45, 7) is 3.35. The van der Waals surface area contributed by atoms with Crippen LogP contribution in [0.2, 0.25) is 0 Å². The Kier molecular flexibility index (Phi) is 4.47. The maximum atomic E-state index is 12.6. The third-order valence-corrected chi connectivity index (χ3v) is 3.83.